The second kappa shape index (κ2) is 12.6. The average Bonchev–Trinajstić information content (AvgIpc) is 2.74. The lowest BCUT2D eigenvalue weighted by Gasteiger charge is -2.21. The first-order valence-corrected chi connectivity index (χ1v) is 10.9. The molecule has 0 radical (unpaired) electrons. The second-order valence-electron chi connectivity index (χ2n) is 6.68. The molecule has 29 heavy (non-hydrogen) atoms. The molecule has 0 unspecified atom stereocenters. The van der Waals surface area contributed by atoms with E-state index in [1.165, 1.54) is 11.1 Å². The van der Waals surface area contributed by atoms with Gasteiger partial charge < -0.3 is 10.2 Å². The van der Waals surface area contributed by atoms with Gasteiger partial charge in [0.15, 0.2) is 0 Å². The minimum atomic E-state index is -0.143. The summed E-state index contributed by atoms with van der Waals surface area (Å²) in [6.07, 6.45) is 0.533. The monoisotopic (exact) mass is 409 g/mol. The van der Waals surface area contributed by atoms with Crippen LogP contribution in [-0.4, -0.2) is 30.7 Å². The molecule has 2 rings (SSSR count). The Morgan fingerprint density at radius 1 is 1.07 bits per heavy atom. The first-order chi connectivity index (χ1) is 14.1. The number of nitrogens with one attached hydrogen (secondary N) is 1. The number of para-hydroxylation sites is 1. The summed E-state index contributed by atoms with van der Waals surface area (Å²) in [5.41, 5.74) is 3.27. The van der Waals surface area contributed by atoms with Crippen molar-refractivity contribution in [2.75, 3.05) is 23.7 Å². The van der Waals surface area contributed by atoms with Crippen molar-refractivity contribution < 1.29 is 9.59 Å². The molecule has 2 amide bonds. The van der Waals surface area contributed by atoms with Gasteiger partial charge in [-0.05, 0) is 24.6 Å². The number of thioether (sulfide) groups is 1. The van der Waals surface area contributed by atoms with E-state index in [-0.39, 0.29) is 31.1 Å². The predicted molar refractivity (Wildman–Crippen MR) is 119 cm³/mol. The van der Waals surface area contributed by atoms with Crippen LogP contribution < -0.4 is 10.2 Å². The SMILES string of the molecule is Cc1ccc(CSCCNC(=O)CCC(=O)N(CCC#N)c2ccccc2)cc1. The van der Waals surface area contributed by atoms with E-state index in [4.69, 9.17) is 5.26 Å². The molecule has 0 saturated heterocycles. The van der Waals surface area contributed by atoms with E-state index in [2.05, 4.69) is 42.6 Å². The molecule has 0 spiro atoms. The fourth-order valence-electron chi connectivity index (χ4n) is 2.75. The Balaban J connectivity index is 1.68. The lowest BCUT2D eigenvalue weighted by atomic mass is 10.2. The van der Waals surface area contributed by atoms with Crippen LogP contribution in [0.4, 0.5) is 5.69 Å². The number of hydrogen-bond donors (Lipinski definition) is 1. The molecule has 0 aliphatic heterocycles. The normalized spacial score (nSPS) is 10.2. The van der Waals surface area contributed by atoms with Gasteiger partial charge in [-0.2, -0.15) is 17.0 Å². The lowest BCUT2D eigenvalue weighted by Crippen LogP contribution is -2.33. The molecule has 5 nitrogen and oxygen atoms in total. The Morgan fingerprint density at radius 2 is 1.79 bits per heavy atom. The van der Waals surface area contributed by atoms with Crippen LogP contribution >= 0.6 is 11.8 Å². The van der Waals surface area contributed by atoms with Gasteiger partial charge in [0.1, 0.15) is 0 Å². The number of benzene rings is 2. The van der Waals surface area contributed by atoms with Gasteiger partial charge in [-0.25, -0.2) is 0 Å². The van der Waals surface area contributed by atoms with E-state index in [0.29, 0.717) is 13.1 Å². The third-order valence-electron chi connectivity index (χ3n) is 4.34. The fraction of sp³-hybridized carbons (Fsp3) is 0.348. The molecule has 0 aliphatic carbocycles. The van der Waals surface area contributed by atoms with Crippen molar-refractivity contribution >= 4 is 29.3 Å². The van der Waals surface area contributed by atoms with Crippen LogP contribution in [0.25, 0.3) is 0 Å². The fourth-order valence-corrected chi connectivity index (χ4v) is 3.57. The van der Waals surface area contributed by atoms with Gasteiger partial charge >= 0.3 is 0 Å². The van der Waals surface area contributed by atoms with Gasteiger partial charge in [-0.15, -0.1) is 0 Å². The number of aryl methyl sites for hydroxylation is 1. The molecule has 0 saturated carbocycles. The number of anilines is 1. The van der Waals surface area contributed by atoms with Crippen molar-refractivity contribution in [3.05, 3.63) is 65.7 Å². The summed E-state index contributed by atoms with van der Waals surface area (Å²) < 4.78 is 0. The molecular weight excluding hydrogens is 382 g/mol. The van der Waals surface area contributed by atoms with Gasteiger partial charge in [-0.3, -0.25) is 9.59 Å². The van der Waals surface area contributed by atoms with Gasteiger partial charge in [0.05, 0.1) is 12.5 Å². The number of nitriles is 1. The summed E-state index contributed by atoms with van der Waals surface area (Å²) in [5.74, 6) is 1.48. The van der Waals surface area contributed by atoms with Crippen molar-refractivity contribution in [3.63, 3.8) is 0 Å². The molecule has 152 valence electrons. The van der Waals surface area contributed by atoms with Crippen molar-refractivity contribution in [3.8, 4) is 6.07 Å². The van der Waals surface area contributed by atoms with Gasteiger partial charge in [0.2, 0.25) is 11.8 Å². The van der Waals surface area contributed by atoms with Crippen LogP contribution in [0, 0.1) is 18.3 Å². The summed E-state index contributed by atoms with van der Waals surface area (Å²) in [6.45, 7) is 2.98. The van der Waals surface area contributed by atoms with E-state index in [0.717, 1.165) is 17.2 Å². The Kier molecular flexibility index (Phi) is 9.81. The molecule has 6 heteroatoms. The molecule has 1 N–H and O–H groups in total. The standard InChI is InChI=1S/C23H27N3O2S/c1-19-8-10-20(11-9-19)18-29-17-15-25-22(27)12-13-23(28)26(16-5-14-24)21-6-3-2-4-7-21/h2-4,6-11H,5,12-13,15-18H2,1H3,(H,25,27). The first-order valence-electron chi connectivity index (χ1n) is 9.72. The number of nitrogens with zero attached hydrogens (tertiary/aromatic N) is 2. The van der Waals surface area contributed by atoms with E-state index < -0.39 is 0 Å². The van der Waals surface area contributed by atoms with Gasteiger partial charge in [-0.1, -0.05) is 48.0 Å². The van der Waals surface area contributed by atoms with E-state index in [1.807, 2.05) is 30.3 Å². The molecule has 0 heterocycles. The highest BCUT2D eigenvalue weighted by molar-refractivity contribution is 7.98. The molecule has 2 aromatic carbocycles. The second-order valence-corrected chi connectivity index (χ2v) is 7.78. The summed E-state index contributed by atoms with van der Waals surface area (Å²) in [4.78, 5) is 26.2. The average molecular weight is 410 g/mol. The summed E-state index contributed by atoms with van der Waals surface area (Å²) in [5, 5.41) is 11.7. The van der Waals surface area contributed by atoms with E-state index >= 15 is 0 Å². The zero-order valence-corrected chi connectivity index (χ0v) is 17.6. The van der Waals surface area contributed by atoms with Crippen LogP contribution in [0.3, 0.4) is 0 Å². The molecule has 0 aromatic heterocycles. The van der Waals surface area contributed by atoms with Crippen LogP contribution in [0.2, 0.25) is 0 Å². The summed E-state index contributed by atoms with van der Waals surface area (Å²) in [6, 6.07) is 19.8. The van der Waals surface area contributed by atoms with Gasteiger partial charge in [0.25, 0.3) is 0 Å². The Bertz CT molecular complexity index is 816. The van der Waals surface area contributed by atoms with E-state index in [1.54, 1.807) is 16.7 Å². The van der Waals surface area contributed by atoms with Crippen molar-refractivity contribution in [2.24, 2.45) is 0 Å². The third kappa shape index (κ3) is 8.41. The minimum absolute atomic E-state index is 0.123. The number of carbonyl (C=O) groups excluding carboxylic acids is 2. The highest BCUT2D eigenvalue weighted by atomic mass is 32.2. The topological polar surface area (TPSA) is 73.2 Å². The van der Waals surface area contributed by atoms with Crippen LogP contribution in [0.5, 0.6) is 0 Å². The number of hydrogen-bond acceptors (Lipinski definition) is 4. The third-order valence-corrected chi connectivity index (χ3v) is 5.37. The maximum absolute atomic E-state index is 12.5. The maximum atomic E-state index is 12.5. The molecule has 0 fully saturated rings. The summed E-state index contributed by atoms with van der Waals surface area (Å²) in [7, 11) is 0. The highest BCUT2D eigenvalue weighted by Gasteiger charge is 2.16. The van der Waals surface area contributed by atoms with E-state index in [9.17, 15) is 9.59 Å². The molecule has 0 aliphatic rings. The van der Waals surface area contributed by atoms with Crippen molar-refractivity contribution in [1.29, 1.82) is 5.26 Å². The van der Waals surface area contributed by atoms with Crippen LogP contribution in [0.1, 0.15) is 30.4 Å². The van der Waals surface area contributed by atoms with Gasteiger partial charge in [0, 0.05) is 43.1 Å². The Morgan fingerprint density at radius 3 is 2.48 bits per heavy atom. The quantitative estimate of drug-likeness (QED) is 0.568. The Labute approximate surface area is 177 Å². The number of carbonyl (C=O) groups is 2. The first kappa shape index (κ1) is 22.5. The zero-order valence-electron chi connectivity index (χ0n) is 16.8. The lowest BCUT2D eigenvalue weighted by molar-refractivity contribution is -0.125. The number of rotatable bonds is 11. The molecular formula is C23H27N3O2S. The van der Waals surface area contributed by atoms with Crippen LogP contribution in [0.15, 0.2) is 54.6 Å². The van der Waals surface area contributed by atoms with Crippen molar-refractivity contribution in [1.82, 2.24) is 5.32 Å². The van der Waals surface area contributed by atoms with Crippen molar-refractivity contribution in [2.45, 2.75) is 31.9 Å². The molecule has 2 aromatic rings. The van der Waals surface area contributed by atoms with Crippen LogP contribution in [-0.2, 0) is 15.3 Å². The smallest absolute Gasteiger partial charge is 0.227 e. The molecule has 0 atom stereocenters. The minimum Gasteiger partial charge on any atom is -0.355 e. The zero-order chi connectivity index (χ0) is 20.9. The summed E-state index contributed by atoms with van der Waals surface area (Å²) >= 11 is 1.77. The predicted octanol–water partition coefficient (Wildman–Crippen LogP) is 4.07. The highest BCUT2D eigenvalue weighted by Crippen LogP contribution is 2.16. The number of amides is 2. The maximum Gasteiger partial charge on any atom is 0.227 e. The Hall–Kier alpha value is -2.78. The molecule has 0 bridgehead atoms. The largest absolute Gasteiger partial charge is 0.355 e.